The van der Waals surface area contributed by atoms with Gasteiger partial charge in [0.25, 0.3) is 0 Å². The van der Waals surface area contributed by atoms with E-state index < -0.39 is 36.1 Å². The molecular weight excluding hydrogens is 723 g/mol. The van der Waals surface area contributed by atoms with Gasteiger partial charge >= 0.3 is 5.97 Å². The average molecular weight is 764 g/mol. The number of nitrogens with one attached hydrogen (secondary N) is 1. The molecule has 57 heavy (non-hydrogen) atoms. The zero-order chi connectivity index (χ0) is 39.2. The van der Waals surface area contributed by atoms with Crippen LogP contribution in [0.5, 0.6) is 11.5 Å². The first-order valence-corrected chi connectivity index (χ1v) is 18.5. The van der Waals surface area contributed by atoms with Crippen LogP contribution in [0.15, 0.2) is 152 Å². The molecule has 4 atom stereocenters. The third kappa shape index (κ3) is 7.53. The van der Waals surface area contributed by atoms with Crippen LogP contribution in [-0.4, -0.2) is 69.7 Å². The Labute approximate surface area is 329 Å². The number of nitrogens with zero attached hydrogens (tertiary/aromatic N) is 4. The number of fused-ring (bicyclic) bond motifs is 1. The number of hydrogen-bond donors (Lipinski definition) is 2. The lowest BCUT2D eigenvalue weighted by Gasteiger charge is -2.45. The average Bonchev–Trinajstić information content (AvgIpc) is 3.71. The Hall–Kier alpha value is -6.60. The first-order valence-electron chi connectivity index (χ1n) is 18.5. The third-order valence-corrected chi connectivity index (χ3v) is 10.1. The molecule has 1 aliphatic heterocycles. The van der Waals surface area contributed by atoms with Gasteiger partial charge in [0, 0.05) is 6.54 Å². The van der Waals surface area contributed by atoms with Crippen molar-refractivity contribution in [2.45, 2.75) is 36.7 Å². The fraction of sp³-hybridized carbons (Fsp3) is 0.200. The van der Waals surface area contributed by atoms with Crippen LogP contribution >= 0.6 is 0 Å². The Bertz CT molecular complexity index is 2350. The minimum Gasteiger partial charge on any atom is -0.497 e. The number of aliphatic hydroxyl groups excluding tert-OH is 1. The van der Waals surface area contributed by atoms with Crippen molar-refractivity contribution in [2.75, 3.05) is 26.1 Å². The highest BCUT2D eigenvalue weighted by atomic mass is 16.6. The van der Waals surface area contributed by atoms with Crippen molar-refractivity contribution in [3.63, 3.8) is 0 Å². The summed E-state index contributed by atoms with van der Waals surface area (Å²) in [6.07, 6.45) is -1.76. The standard InChI is InChI=1S/C45H41N5O7/c1-53-35-22-18-33(19-23-35)45(32-16-10-5-11-17-32,34-20-24-36(54-2)25-21-34)57-37-27-55-43(39(51)40(37)56-44(52)31-14-8-4-9-15-31)50-29-49-38-41(47-28-48-42(38)50)46-26-30-12-6-3-7-13-30/h3-25,28-29,37,39-40,43,51H,26-27H2,1-2H3,(H,46,47,48)/t37-,39-,40-,43?/m1/s1. The molecule has 8 rings (SSSR count). The number of aromatic nitrogens is 4. The SMILES string of the molecule is COc1ccc(C(O[C@@H]2COC(n3cnc4c(NCc5ccccc5)ncnc43)[C@H](O)[C@@H]2OC(=O)c2ccccc2)(c2ccccc2)c2ccc(OC)cc2)cc1. The lowest BCUT2D eigenvalue weighted by atomic mass is 9.79. The van der Waals surface area contributed by atoms with Gasteiger partial charge < -0.3 is 34.1 Å². The van der Waals surface area contributed by atoms with Crippen LogP contribution in [0.2, 0.25) is 0 Å². The molecule has 1 unspecified atom stereocenters. The second kappa shape index (κ2) is 16.6. The van der Waals surface area contributed by atoms with Gasteiger partial charge in [-0.3, -0.25) is 4.57 Å². The monoisotopic (exact) mass is 763 g/mol. The first kappa shape index (κ1) is 37.3. The van der Waals surface area contributed by atoms with E-state index in [0.717, 1.165) is 22.3 Å². The van der Waals surface area contributed by atoms with Gasteiger partial charge in [-0.15, -0.1) is 0 Å². The van der Waals surface area contributed by atoms with E-state index in [9.17, 15) is 9.90 Å². The second-order valence-electron chi connectivity index (χ2n) is 13.5. The number of methoxy groups -OCH3 is 2. The fourth-order valence-electron chi connectivity index (χ4n) is 7.23. The molecule has 0 amide bonds. The Balaban J connectivity index is 1.20. The number of aliphatic hydroxyl groups is 1. The maximum atomic E-state index is 13.9. The summed E-state index contributed by atoms with van der Waals surface area (Å²) in [5.41, 5.74) is 3.31. The maximum absolute atomic E-state index is 13.9. The molecule has 1 aliphatic rings. The van der Waals surface area contributed by atoms with E-state index in [0.29, 0.717) is 40.6 Å². The topological polar surface area (TPSA) is 139 Å². The molecule has 0 bridgehead atoms. The normalized spacial score (nSPS) is 18.2. The molecule has 0 spiro atoms. The highest BCUT2D eigenvalue weighted by molar-refractivity contribution is 5.89. The second-order valence-corrected chi connectivity index (χ2v) is 13.5. The largest absolute Gasteiger partial charge is 0.497 e. The van der Waals surface area contributed by atoms with Gasteiger partial charge in [-0.1, -0.05) is 103 Å². The number of carbonyl (C=O) groups excluding carboxylic acids is 1. The van der Waals surface area contributed by atoms with Gasteiger partial charge in [-0.25, -0.2) is 19.7 Å². The number of anilines is 1. The highest BCUT2D eigenvalue weighted by Crippen LogP contribution is 2.45. The van der Waals surface area contributed by atoms with E-state index in [1.54, 1.807) is 49.4 Å². The summed E-state index contributed by atoms with van der Waals surface area (Å²) in [4.78, 5) is 27.4. The minimum atomic E-state index is -1.44. The van der Waals surface area contributed by atoms with Crippen LogP contribution in [0.25, 0.3) is 11.2 Å². The lowest BCUT2D eigenvalue weighted by Crippen LogP contribution is -2.56. The number of imidazole rings is 1. The molecule has 5 aromatic carbocycles. The quantitative estimate of drug-likeness (QED) is 0.0932. The van der Waals surface area contributed by atoms with Gasteiger partial charge in [-0.2, -0.15) is 0 Å². The smallest absolute Gasteiger partial charge is 0.338 e. The van der Waals surface area contributed by atoms with Gasteiger partial charge in [-0.05, 0) is 58.7 Å². The van der Waals surface area contributed by atoms with Crippen molar-refractivity contribution in [3.8, 4) is 11.5 Å². The molecule has 0 saturated carbocycles. The predicted molar refractivity (Wildman–Crippen MR) is 213 cm³/mol. The predicted octanol–water partition coefficient (Wildman–Crippen LogP) is 6.95. The van der Waals surface area contributed by atoms with Crippen LogP contribution in [0, 0.1) is 0 Å². The van der Waals surface area contributed by atoms with E-state index in [2.05, 4.69) is 20.3 Å². The molecule has 1 fully saturated rings. The number of ether oxygens (including phenoxy) is 5. The summed E-state index contributed by atoms with van der Waals surface area (Å²) >= 11 is 0. The summed E-state index contributed by atoms with van der Waals surface area (Å²) in [5.74, 6) is 1.23. The Morgan fingerprint density at radius 1 is 0.772 bits per heavy atom. The summed E-state index contributed by atoms with van der Waals surface area (Å²) < 4.78 is 32.8. The van der Waals surface area contributed by atoms with Crippen LogP contribution < -0.4 is 14.8 Å². The van der Waals surface area contributed by atoms with Gasteiger partial charge in [0.2, 0.25) is 0 Å². The minimum absolute atomic E-state index is 0.0841. The van der Waals surface area contributed by atoms with Crippen LogP contribution in [0.3, 0.4) is 0 Å². The van der Waals surface area contributed by atoms with Crippen LogP contribution in [-0.2, 0) is 26.4 Å². The first-order chi connectivity index (χ1) is 28.0. The third-order valence-electron chi connectivity index (χ3n) is 10.1. The van der Waals surface area contributed by atoms with Crippen molar-refractivity contribution >= 4 is 23.0 Å². The molecule has 1 saturated heterocycles. The van der Waals surface area contributed by atoms with Gasteiger partial charge in [0.15, 0.2) is 29.3 Å². The lowest BCUT2D eigenvalue weighted by molar-refractivity contribution is -0.239. The molecule has 2 aromatic heterocycles. The molecule has 288 valence electrons. The van der Waals surface area contributed by atoms with Crippen molar-refractivity contribution in [2.24, 2.45) is 0 Å². The maximum Gasteiger partial charge on any atom is 0.338 e. The van der Waals surface area contributed by atoms with E-state index in [4.69, 9.17) is 23.7 Å². The van der Waals surface area contributed by atoms with Gasteiger partial charge in [0.1, 0.15) is 35.6 Å². The van der Waals surface area contributed by atoms with Crippen molar-refractivity contribution in [1.29, 1.82) is 0 Å². The molecule has 12 nitrogen and oxygen atoms in total. The molecule has 12 heteroatoms. The zero-order valence-electron chi connectivity index (χ0n) is 31.3. The van der Waals surface area contributed by atoms with Crippen LogP contribution in [0.1, 0.15) is 38.8 Å². The molecule has 0 aliphatic carbocycles. The fourth-order valence-corrected chi connectivity index (χ4v) is 7.23. The van der Waals surface area contributed by atoms with Crippen molar-refractivity contribution in [3.05, 3.63) is 180 Å². The molecule has 3 heterocycles. The van der Waals surface area contributed by atoms with Crippen molar-refractivity contribution in [1.82, 2.24) is 19.5 Å². The van der Waals surface area contributed by atoms with Gasteiger partial charge in [0.05, 0.1) is 32.7 Å². The highest BCUT2D eigenvalue weighted by Gasteiger charge is 2.49. The Morgan fingerprint density at radius 3 is 1.96 bits per heavy atom. The van der Waals surface area contributed by atoms with E-state index >= 15 is 0 Å². The van der Waals surface area contributed by atoms with Crippen LogP contribution in [0.4, 0.5) is 5.82 Å². The number of benzene rings is 5. The zero-order valence-corrected chi connectivity index (χ0v) is 31.3. The van der Waals surface area contributed by atoms with E-state index in [1.807, 2.05) is 115 Å². The molecule has 2 N–H and O–H groups in total. The molecular formula is C45H41N5O7. The van der Waals surface area contributed by atoms with E-state index in [1.165, 1.54) is 6.33 Å². The van der Waals surface area contributed by atoms with Crippen molar-refractivity contribution < 1.29 is 33.6 Å². The molecule has 0 radical (unpaired) electrons. The summed E-state index contributed by atoms with van der Waals surface area (Å²) in [5, 5.41) is 15.7. The Morgan fingerprint density at radius 2 is 1.35 bits per heavy atom. The number of rotatable bonds is 13. The molecule has 7 aromatic rings. The number of hydrogen-bond acceptors (Lipinski definition) is 11. The van der Waals surface area contributed by atoms with E-state index in [-0.39, 0.29) is 6.61 Å². The summed E-state index contributed by atoms with van der Waals surface area (Å²) in [6.45, 7) is 0.434. The summed E-state index contributed by atoms with van der Waals surface area (Å²) in [7, 11) is 3.22. The number of esters is 1. The summed E-state index contributed by atoms with van der Waals surface area (Å²) in [6, 6.07) is 43.5. The Kier molecular flexibility index (Phi) is 10.9. The number of carbonyl (C=O) groups is 1.